The fourth-order valence-corrected chi connectivity index (χ4v) is 3.00. The van der Waals surface area contributed by atoms with Gasteiger partial charge < -0.3 is 14.8 Å². The number of amides is 2. The summed E-state index contributed by atoms with van der Waals surface area (Å²) in [5, 5.41) is 2.93. The molecular formula is C15H22BrN3O2. The number of carbonyl (C=O) groups is 2. The van der Waals surface area contributed by atoms with Gasteiger partial charge in [-0.25, -0.2) is 0 Å². The first-order chi connectivity index (χ1) is 9.99. The van der Waals surface area contributed by atoms with Gasteiger partial charge in [-0.1, -0.05) is 0 Å². The first-order valence-electron chi connectivity index (χ1n) is 7.42. The van der Waals surface area contributed by atoms with Gasteiger partial charge in [-0.2, -0.15) is 0 Å². The second kappa shape index (κ2) is 7.11. The lowest BCUT2D eigenvalue weighted by molar-refractivity contribution is -0.127. The number of rotatable bonds is 6. The summed E-state index contributed by atoms with van der Waals surface area (Å²) in [7, 11) is 0. The van der Waals surface area contributed by atoms with Gasteiger partial charge >= 0.3 is 0 Å². The second-order valence-corrected chi connectivity index (χ2v) is 6.55. The standard InChI is InChI=1S/C15H22BrN3O2/c1-11(2)19-10-12(16)9-13(19)15(21)17-6-4-8-18-7-3-5-14(18)20/h9-11H,3-8H2,1-2H3,(H,17,21). The van der Waals surface area contributed by atoms with Crippen LogP contribution in [-0.4, -0.2) is 40.9 Å². The van der Waals surface area contributed by atoms with Gasteiger partial charge in [0.2, 0.25) is 5.91 Å². The van der Waals surface area contributed by atoms with Crippen molar-refractivity contribution in [1.82, 2.24) is 14.8 Å². The van der Waals surface area contributed by atoms with Crippen LogP contribution in [0.25, 0.3) is 0 Å². The van der Waals surface area contributed by atoms with Gasteiger partial charge in [-0.05, 0) is 48.7 Å². The highest BCUT2D eigenvalue weighted by molar-refractivity contribution is 9.10. The molecule has 0 spiro atoms. The highest BCUT2D eigenvalue weighted by Crippen LogP contribution is 2.19. The van der Waals surface area contributed by atoms with E-state index in [4.69, 9.17) is 0 Å². The van der Waals surface area contributed by atoms with Crippen LogP contribution in [0.15, 0.2) is 16.7 Å². The van der Waals surface area contributed by atoms with Crippen molar-refractivity contribution in [2.24, 2.45) is 0 Å². The SMILES string of the molecule is CC(C)n1cc(Br)cc1C(=O)NCCCN1CCCC1=O. The predicted molar refractivity (Wildman–Crippen MR) is 85.3 cm³/mol. The molecule has 0 unspecified atom stereocenters. The third-order valence-corrected chi connectivity index (χ3v) is 4.10. The molecular weight excluding hydrogens is 334 g/mol. The average molecular weight is 356 g/mol. The minimum Gasteiger partial charge on any atom is -0.351 e. The summed E-state index contributed by atoms with van der Waals surface area (Å²) in [6.07, 6.45) is 4.34. The van der Waals surface area contributed by atoms with Crippen LogP contribution >= 0.6 is 15.9 Å². The molecule has 1 N–H and O–H groups in total. The van der Waals surface area contributed by atoms with E-state index in [2.05, 4.69) is 21.2 Å². The van der Waals surface area contributed by atoms with Crippen molar-refractivity contribution in [3.63, 3.8) is 0 Å². The summed E-state index contributed by atoms with van der Waals surface area (Å²) in [5.41, 5.74) is 0.661. The highest BCUT2D eigenvalue weighted by Gasteiger charge is 2.19. The molecule has 21 heavy (non-hydrogen) atoms. The van der Waals surface area contributed by atoms with Crippen LogP contribution in [0.2, 0.25) is 0 Å². The molecule has 5 nitrogen and oxygen atoms in total. The summed E-state index contributed by atoms with van der Waals surface area (Å²) in [6, 6.07) is 2.07. The van der Waals surface area contributed by atoms with E-state index in [0.717, 1.165) is 30.4 Å². The van der Waals surface area contributed by atoms with Gasteiger partial charge in [0.05, 0.1) is 0 Å². The fraction of sp³-hybridized carbons (Fsp3) is 0.600. The van der Waals surface area contributed by atoms with E-state index in [0.29, 0.717) is 18.7 Å². The monoisotopic (exact) mass is 355 g/mol. The maximum atomic E-state index is 12.2. The smallest absolute Gasteiger partial charge is 0.267 e. The van der Waals surface area contributed by atoms with Crippen molar-refractivity contribution in [2.45, 2.75) is 39.2 Å². The molecule has 0 saturated carbocycles. The molecule has 1 saturated heterocycles. The van der Waals surface area contributed by atoms with Gasteiger partial charge in [0, 0.05) is 42.8 Å². The number of hydrogen-bond donors (Lipinski definition) is 1. The number of nitrogens with zero attached hydrogens (tertiary/aromatic N) is 2. The van der Waals surface area contributed by atoms with Crippen molar-refractivity contribution in [3.8, 4) is 0 Å². The Morgan fingerprint density at radius 1 is 1.48 bits per heavy atom. The maximum Gasteiger partial charge on any atom is 0.267 e. The molecule has 1 aliphatic heterocycles. The first-order valence-corrected chi connectivity index (χ1v) is 8.21. The van der Waals surface area contributed by atoms with Crippen molar-refractivity contribution in [1.29, 1.82) is 0 Å². The zero-order chi connectivity index (χ0) is 15.4. The number of hydrogen-bond acceptors (Lipinski definition) is 2. The molecule has 1 aliphatic rings. The molecule has 6 heteroatoms. The van der Waals surface area contributed by atoms with Crippen molar-refractivity contribution >= 4 is 27.7 Å². The van der Waals surface area contributed by atoms with Gasteiger partial charge in [-0.15, -0.1) is 0 Å². The van der Waals surface area contributed by atoms with Gasteiger partial charge in [0.1, 0.15) is 5.69 Å². The first kappa shape index (κ1) is 16.1. The molecule has 2 amide bonds. The molecule has 2 heterocycles. The summed E-state index contributed by atoms with van der Waals surface area (Å²) in [6.45, 7) is 6.26. The third-order valence-electron chi connectivity index (χ3n) is 3.67. The lowest BCUT2D eigenvalue weighted by atomic mass is 10.3. The van der Waals surface area contributed by atoms with Crippen LogP contribution < -0.4 is 5.32 Å². The molecule has 116 valence electrons. The van der Waals surface area contributed by atoms with Crippen LogP contribution in [0.3, 0.4) is 0 Å². The number of nitrogens with one attached hydrogen (secondary N) is 1. The Kier molecular flexibility index (Phi) is 5.45. The minimum absolute atomic E-state index is 0.0675. The highest BCUT2D eigenvalue weighted by atomic mass is 79.9. The summed E-state index contributed by atoms with van der Waals surface area (Å²) >= 11 is 3.41. The lowest BCUT2D eigenvalue weighted by Gasteiger charge is -2.16. The predicted octanol–water partition coefficient (Wildman–Crippen LogP) is 2.57. The summed E-state index contributed by atoms with van der Waals surface area (Å²) < 4.78 is 2.85. The number of aromatic nitrogens is 1. The Morgan fingerprint density at radius 3 is 2.86 bits per heavy atom. The average Bonchev–Trinajstić information content (AvgIpc) is 3.01. The van der Waals surface area contributed by atoms with Crippen LogP contribution in [0.4, 0.5) is 0 Å². The van der Waals surface area contributed by atoms with Crippen LogP contribution in [0.5, 0.6) is 0 Å². The van der Waals surface area contributed by atoms with Gasteiger partial charge in [0.15, 0.2) is 0 Å². The molecule has 0 aliphatic carbocycles. The van der Waals surface area contributed by atoms with Crippen molar-refractivity contribution in [3.05, 3.63) is 22.4 Å². The Labute approximate surface area is 133 Å². The number of carbonyl (C=O) groups excluding carboxylic acids is 2. The Hall–Kier alpha value is -1.30. The van der Waals surface area contributed by atoms with Crippen LogP contribution in [-0.2, 0) is 4.79 Å². The number of likely N-dealkylation sites (tertiary alicyclic amines) is 1. The zero-order valence-electron chi connectivity index (χ0n) is 12.6. The maximum absolute atomic E-state index is 12.2. The van der Waals surface area contributed by atoms with Crippen molar-refractivity contribution in [2.75, 3.05) is 19.6 Å². The van der Waals surface area contributed by atoms with Gasteiger partial charge in [0.25, 0.3) is 5.91 Å². The van der Waals surface area contributed by atoms with Crippen LogP contribution in [0.1, 0.15) is 49.6 Å². The third kappa shape index (κ3) is 4.09. The Bertz CT molecular complexity index is 525. The van der Waals surface area contributed by atoms with E-state index in [-0.39, 0.29) is 17.9 Å². The molecule has 1 aromatic heterocycles. The van der Waals surface area contributed by atoms with Crippen molar-refractivity contribution < 1.29 is 9.59 Å². The second-order valence-electron chi connectivity index (χ2n) is 5.64. The normalized spacial score (nSPS) is 15.0. The van der Waals surface area contributed by atoms with E-state index in [1.165, 1.54) is 0 Å². The topological polar surface area (TPSA) is 54.3 Å². The number of halogens is 1. The molecule has 0 radical (unpaired) electrons. The molecule has 0 aromatic carbocycles. The lowest BCUT2D eigenvalue weighted by Crippen LogP contribution is -2.31. The molecule has 2 rings (SSSR count). The molecule has 1 aromatic rings. The largest absolute Gasteiger partial charge is 0.351 e. The molecule has 1 fully saturated rings. The summed E-state index contributed by atoms with van der Waals surface area (Å²) in [5.74, 6) is 0.168. The van der Waals surface area contributed by atoms with E-state index < -0.39 is 0 Å². The quantitative estimate of drug-likeness (QED) is 0.797. The molecule has 0 atom stereocenters. The Morgan fingerprint density at radius 2 is 2.24 bits per heavy atom. The van der Waals surface area contributed by atoms with E-state index >= 15 is 0 Å². The van der Waals surface area contributed by atoms with E-state index in [1.807, 2.05) is 35.6 Å². The fourth-order valence-electron chi connectivity index (χ4n) is 2.56. The van der Waals surface area contributed by atoms with E-state index in [1.54, 1.807) is 0 Å². The van der Waals surface area contributed by atoms with Gasteiger partial charge in [-0.3, -0.25) is 9.59 Å². The summed E-state index contributed by atoms with van der Waals surface area (Å²) in [4.78, 5) is 25.6. The van der Waals surface area contributed by atoms with Crippen LogP contribution in [0, 0.1) is 0 Å². The molecule has 0 bridgehead atoms. The van der Waals surface area contributed by atoms with E-state index in [9.17, 15) is 9.59 Å². The Balaban J connectivity index is 1.80. The zero-order valence-corrected chi connectivity index (χ0v) is 14.1. The minimum atomic E-state index is -0.0675.